The Kier molecular flexibility index (Phi) is 3.05. The first-order valence-corrected chi connectivity index (χ1v) is 4.10. The van der Waals surface area contributed by atoms with E-state index in [1.54, 1.807) is 7.05 Å². The summed E-state index contributed by atoms with van der Waals surface area (Å²) < 4.78 is 9.94. The molecule has 0 aromatic rings. The number of rotatable bonds is 2. The number of nitrogens with one attached hydrogen (secondary N) is 1. The fourth-order valence-electron chi connectivity index (χ4n) is 1.45. The van der Waals surface area contributed by atoms with Crippen molar-refractivity contribution < 1.29 is 14.3 Å². The number of hydrogen-bond donors (Lipinski definition) is 1. The van der Waals surface area contributed by atoms with Crippen molar-refractivity contribution >= 4 is 5.97 Å². The van der Waals surface area contributed by atoms with Crippen molar-refractivity contribution in [2.75, 3.05) is 27.4 Å². The molecule has 0 amide bonds. The zero-order chi connectivity index (χ0) is 9.03. The van der Waals surface area contributed by atoms with Crippen LogP contribution in [0.15, 0.2) is 0 Å². The number of likely N-dealkylation sites (N-methyl/N-ethyl adjacent to an activating group) is 1. The van der Waals surface area contributed by atoms with E-state index in [-0.39, 0.29) is 5.97 Å². The molecule has 70 valence electrons. The first-order valence-electron chi connectivity index (χ1n) is 4.10. The van der Waals surface area contributed by atoms with Gasteiger partial charge in [0.2, 0.25) is 0 Å². The highest BCUT2D eigenvalue weighted by Gasteiger charge is 2.39. The largest absolute Gasteiger partial charge is 0.468 e. The summed E-state index contributed by atoms with van der Waals surface area (Å²) in [7, 11) is 3.15. The van der Waals surface area contributed by atoms with Gasteiger partial charge in [0.25, 0.3) is 0 Å². The minimum atomic E-state index is -0.604. The van der Waals surface area contributed by atoms with E-state index >= 15 is 0 Å². The molecule has 1 unspecified atom stereocenters. The molecular formula is C8H15NO3. The van der Waals surface area contributed by atoms with Crippen LogP contribution in [-0.4, -0.2) is 38.9 Å². The molecule has 4 heteroatoms. The Morgan fingerprint density at radius 3 is 2.83 bits per heavy atom. The summed E-state index contributed by atoms with van der Waals surface area (Å²) in [6.07, 6.45) is 1.69. The topological polar surface area (TPSA) is 47.6 Å². The second kappa shape index (κ2) is 3.87. The standard InChI is InChI=1S/C8H15NO3/c1-9-8(7(10)11-2)4-3-5-12-6-8/h9H,3-6H2,1-2H3. The van der Waals surface area contributed by atoms with Crippen LogP contribution in [0.4, 0.5) is 0 Å². The predicted octanol–water partition coefficient (Wildman–Crippen LogP) is -0.0720. The van der Waals surface area contributed by atoms with Gasteiger partial charge in [0.15, 0.2) is 0 Å². The summed E-state index contributed by atoms with van der Waals surface area (Å²) in [5.74, 6) is -0.232. The Labute approximate surface area is 72.2 Å². The van der Waals surface area contributed by atoms with E-state index in [9.17, 15) is 4.79 Å². The third kappa shape index (κ3) is 1.59. The SMILES string of the molecule is CNC1(C(=O)OC)CCCOC1. The number of carbonyl (C=O) groups is 1. The lowest BCUT2D eigenvalue weighted by atomic mass is 9.93. The zero-order valence-corrected chi connectivity index (χ0v) is 7.55. The van der Waals surface area contributed by atoms with Crippen molar-refractivity contribution in [2.24, 2.45) is 0 Å². The average Bonchev–Trinajstić information content (AvgIpc) is 2.17. The highest BCUT2D eigenvalue weighted by atomic mass is 16.5. The summed E-state index contributed by atoms with van der Waals surface area (Å²) in [6.45, 7) is 1.15. The maximum atomic E-state index is 11.4. The summed E-state index contributed by atoms with van der Waals surface area (Å²) in [6, 6.07) is 0. The van der Waals surface area contributed by atoms with Gasteiger partial charge in [-0.2, -0.15) is 0 Å². The maximum Gasteiger partial charge on any atom is 0.328 e. The predicted molar refractivity (Wildman–Crippen MR) is 43.9 cm³/mol. The van der Waals surface area contributed by atoms with Gasteiger partial charge in [0.1, 0.15) is 5.54 Å². The lowest BCUT2D eigenvalue weighted by Gasteiger charge is -2.33. The Morgan fingerprint density at radius 2 is 2.42 bits per heavy atom. The molecule has 1 saturated heterocycles. The quantitative estimate of drug-likeness (QED) is 0.594. The molecule has 12 heavy (non-hydrogen) atoms. The lowest BCUT2D eigenvalue weighted by molar-refractivity contribution is -0.154. The number of esters is 1. The van der Waals surface area contributed by atoms with Gasteiger partial charge < -0.3 is 14.8 Å². The fourth-order valence-corrected chi connectivity index (χ4v) is 1.45. The smallest absolute Gasteiger partial charge is 0.328 e. The van der Waals surface area contributed by atoms with Crippen LogP contribution in [0.2, 0.25) is 0 Å². The molecule has 1 N–H and O–H groups in total. The molecule has 0 bridgehead atoms. The van der Waals surface area contributed by atoms with Gasteiger partial charge in [0, 0.05) is 6.61 Å². The van der Waals surface area contributed by atoms with E-state index in [4.69, 9.17) is 9.47 Å². The molecule has 1 fully saturated rings. The van der Waals surface area contributed by atoms with Crippen molar-refractivity contribution in [3.63, 3.8) is 0 Å². The second-order valence-electron chi connectivity index (χ2n) is 2.98. The van der Waals surface area contributed by atoms with Gasteiger partial charge in [0.05, 0.1) is 13.7 Å². The van der Waals surface area contributed by atoms with E-state index in [1.807, 2.05) is 0 Å². The van der Waals surface area contributed by atoms with E-state index in [2.05, 4.69) is 5.32 Å². The van der Waals surface area contributed by atoms with Gasteiger partial charge in [-0.3, -0.25) is 0 Å². The molecule has 1 rings (SSSR count). The van der Waals surface area contributed by atoms with Crippen molar-refractivity contribution in [1.29, 1.82) is 0 Å². The van der Waals surface area contributed by atoms with Gasteiger partial charge in [-0.25, -0.2) is 4.79 Å². The molecule has 1 aliphatic heterocycles. The summed E-state index contributed by atoms with van der Waals surface area (Å²) in [4.78, 5) is 11.4. The van der Waals surface area contributed by atoms with Crippen molar-refractivity contribution in [3.05, 3.63) is 0 Å². The summed E-state index contributed by atoms with van der Waals surface area (Å²) in [5, 5.41) is 2.97. The van der Waals surface area contributed by atoms with E-state index < -0.39 is 5.54 Å². The Balaban J connectivity index is 2.66. The minimum Gasteiger partial charge on any atom is -0.468 e. The first kappa shape index (κ1) is 9.48. The van der Waals surface area contributed by atoms with Crippen LogP contribution in [-0.2, 0) is 14.3 Å². The van der Waals surface area contributed by atoms with Gasteiger partial charge >= 0.3 is 5.97 Å². The van der Waals surface area contributed by atoms with Crippen LogP contribution in [0.25, 0.3) is 0 Å². The fraction of sp³-hybridized carbons (Fsp3) is 0.875. The lowest BCUT2D eigenvalue weighted by Crippen LogP contribution is -2.56. The second-order valence-corrected chi connectivity index (χ2v) is 2.98. The van der Waals surface area contributed by atoms with Crippen molar-refractivity contribution in [3.8, 4) is 0 Å². The molecule has 0 radical (unpaired) electrons. The van der Waals surface area contributed by atoms with Gasteiger partial charge in [-0.1, -0.05) is 0 Å². The van der Waals surface area contributed by atoms with Crippen LogP contribution in [0.3, 0.4) is 0 Å². The van der Waals surface area contributed by atoms with Crippen LogP contribution >= 0.6 is 0 Å². The Bertz CT molecular complexity index is 164. The monoisotopic (exact) mass is 173 g/mol. The molecule has 1 atom stereocenters. The number of hydrogen-bond acceptors (Lipinski definition) is 4. The van der Waals surface area contributed by atoms with Crippen LogP contribution in [0.1, 0.15) is 12.8 Å². The van der Waals surface area contributed by atoms with Crippen LogP contribution in [0.5, 0.6) is 0 Å². The Hall–Kier alpha value is -0.610. The summed E-state index contributed by atoms with van der Waals surface area (Å²) in [5.41, 5.74) is -0.604. The van der Waals surface area contributed by atoms with Gasteiger partial charge in [-0.05, 0) is 19.9 Å². The van der Waals surface area contributed by atoms with Crippen molar-refractivity contribution in [1.82, 2.24) is 5.32 Å². The number of carbonyl (C=O) groups excluding carboxylic acids is 1. The molecule has 1 heterocycles. The molecule has 0 spiro atoms. The summed E-state index contributed by atoms with van der Waals surface area (Å²) >= 11 is 0. The van der Waals surface area contributed by atoms with E-state index in [0.717, 1.165) is 19.4 Å². The molecule has 0 aliphatic carbocycles. The minimum absolute atomic E-state index is 0.232. The highest BCUT2D eigenvalue weighted by Crippen LogP contribution is 2.19. The molecular weight excluding hydrogens is 158 g/mol. The van der Waals surface area contributed by atoms with Crippen LogP contribution in [0, 0.1) is 0 Å². The Morgan fingerprint density at radius 1 is 1.67 bits per heavy atom. The number of ether oxygens (including phenoxy) is 2. The zero-order valence-electron chi connectivity index (χ0n) is 7.55. The molecule has 0 aromatic heterocycles. The third-order valence-corrected chi connectivity index (χ3v) is 2.30. The normalized spacial score (nSPS) is 29.8. The first-order chi connectivity index (χ1) is 5.75. The van der Waals surface area contributed by atoms with Crippen molar-refractivity contribution in [2.45, 2.75) is 18.4 Å². The third-order valence-electron chi connectivity index (χ3n) is 2.30. The van der Waals surface area contributed by atoms with Gasteiger partial charge in [-0.15, -0.1) is 0 Å². The number of methoxy groups -OCH3 is 1. The molecule has 0 saturated carbocycles. The maximum absolute atomic E-state index is 11.4. The molecule has 1 aliphatic rings. The average molecular weight is 173 g/mol. The highest BCUT2D eigenvalue weighted by molar-refractivity contribution is 5.81. The van der Waals surface area contributed by atoms with E-state index in [0.29, 0.717) is 6.61 Å². The molecule has 0 aromatic carbocycles. The van der Waals surface area contributed by atoms with E-state index in [1.165, 1.54) is 7.11 Å². The van der Waals surface area contributed by atoms with Crippen LogP contribution < -0.4 is 5.32 Å². The molecule has 4 nitrogen and oxygen atoms in total.